The fraction of sp³-hybridized carbons (Fsp3) is 0.250. The highest BCUT2D eigenvalue weighted by Gasteiger charge is 2.15. The van der Waals surface area contributed by atoms with E-state index < -0.39 is 17.9 Å². The molecule has 0 unspecified atom stereocenters. The summed E-state index contributed by atoms with van der Waals surface area (Å²) in [5.41, 5.74) is 0.0978. The molecular formula is C8H9N3O3. The third-order valence-electron chi connectivity index (χ3n) is 1.51. The van der Waals surface area contributed by atoms with Crippen molar-refractivity contribution in [2.75, 3.05) is 0 Å². The molecule has 0 bridgehead atoms. The summed E-state index contributed by atoms with van der Waals surface area (Å²) in [6, 6.07) is -0.940. The highest BCUT2D eigenvalue weighted by Crippen LogP contribution is 1.91. The first-order valence-corrected chi connectivity index (χ1v) is 3.91. The fourth-order valence-electron chi connectivity index (χ4n) is 0.749. The van der Waals surface area contributed by atoms with Crippen LogP contribution in [0.4, 0.5) is 0 Å². The van der Waals surface area contributed by atoms with Gasteiger partial charge in [0.1, 0.15) is 11.7 Å². The second-order valence-corrected chi connectivity index (χ2v) is 2.62. The average molecular weight is 195 g/mol. The Kier molecular flexibility index (Phi) is 3.11. The third kappa shape index (κ3) is 2.51. The summed E-state index contributed by atoms with van der Waals surface area (Å²) >= 11 is 0. The number of amides is 1. The quantitative estimate of drug-likeness (QED) is 0.689. The molecule has 0 spiro atoms. The first-order chi connectivity index (χ1) is 6.61. The normalized spacial score (nSPS) is 11.8. The number of aliphatic carboxylic acids is 1. The van der Waals surface area contributed by atoms with E-state index in [0.717, 1.165) is 0 Å². The Morgan fingerprint density at radius 3 is 2.71 bits per heavy atom. The van der Waals surface area contributed by atoms with Gasteiger partial charge in [-0.2, -0.15) is 0 Å². The van der Waals surface area contributed by atoms with E-state index in [1.165, 1.54) is 25.5 Å². The van der Waals surface area contributed by atoms with Crippen LogP contribution in [0.1, 0.15) is 17.4 Å². The zero-order chi connectivity index (χ0) is 10.6. The molecule has 1 heterocycles. The molecule has 1 atom stereocenters. The van der Waals surface area contributed by atoms with Crippen molar-refractivity contribution in [3.05, 3.63) is 24.3 Å². The summed E-state index contributed by atoms with van der Waals surface area (Å²) < 4.78 is 0. The van der Waals surface area contributed by atoms with Gasteiger partial charge in [0.25, 0.3) is 5.91 Å². The van der Waals surface area contributed by atoms with E-state index in [1.807, 2.05) is 0 Å². The van der Waals surface area contributed by atoms with Gasteiger partial charge in [0.15, 0.2) is 0 Å². The van der Waals surface area contributed by atoms with Gasteiger partial charge in [-0.15, -0.1) is 0 Å². The second-order valence-electron chi connectivity index (χ2n) is 2.62. The maximum absolute atomic E-state index is 11.3. The number of aromatic nitrogens is 2. The molecule has 0 aliphatic rings. The number of nitrogens with one attached hydrogen (secondary N) is 1. The minimum Gasteiger partial charge on any atom is -0.480 e. The first kappa shape index (κ1) is 10.1. The predicted octanol–water partition coefficient (Wildman–Crippen LogP) is -0.321. The van der Waals surface area contributed by atoms with Gasteiger partial charge in [0.2, 0.25) is 0 Å². The van der Waals surface area contributed by atoms with Gasteiger partial charge in [-0.05, 0) is 6.92 Å². The smallest absolute Gasteiger partial charge is 0.325 e. The summed E-state index contributed by atoms with van der Waals surface area (Å²) in [5.74, 6) is -1.64. The first-order valence-electron chi connectivity index (χ1n) is 3.91. The van der Waals surface area contributed by atoms with E-state index in [1.54, 1.807) is 0 Å². The van der Waals surface area contributed by atoms with Crippen LogP contribution in [0.5, 0.6) is 0 Å². The molecule has 0 radical (unpaired) electrons. The van der Waals surface area contributed by atoms with Crippen molar-refractivity contribution in [2.45, 2.75) is 13.0 Å². The molecule has 74 valence electrons. The molecule has 0 aliphatic heterocycles. The highest BCUT2D eigenvalue weighted by molar-refractivity contribution is 5.94. The fourth-order valence-corrected chi connectivity index (χ4v) is 0.749. The van der Waals surface area contributed by atoms with Crippen molar-refractivity contribution < 1.29 is 14.7 Å². The molecule has 6 nitrogen and oxygen atoms in total. The number of carboxylic acids is 1. The molecule has 0 aliphatic carbocycles. The molecule has 1 aromatic heterocycles. The van der Waals surface area contributed by atoms with Crippen molar-refractivity contribution in [3.8, 4) is 0 Å². The lowest BCUT2D eigenvalue weighted by atomic mass is 10.3. The number of carbonyl (C=O) groups is 2. The SMILES string of the molecule is C[C@H](NC(=O)c1cnccn1)C(=O)O. The maximum atomic E-state index is 11.3. The number of hydrogen-bond acceptors (Lipinski definition) is 4. The molecule has 6 heteroatoms. The molecule has 0 aromatic carbocycles. The van der Waals surface area contributed by atoms with Gasteiger partial charge in [-0.1, -0.05) is 0 Å². The van der Waals surface area contributed by atoms with Crippen LogP contribution < -0.4 is 5.32 Å². The van der Waals surface area contributed by atoms with E-state index in [2.05, 4.69) is 15.3 Å². The summed E-state index contributed by atoms with van der Waals surface area (Å²) in [5, 5.41) is 10.8. The van der Waals surface area contributed by atoms with Crippen molar-refractivity contribution in [2.24, 2.45) is 0 Å². The van der Waals surface area contributed by atoms with E-state index in [0.29, 0.717) is 0 Å². The lowest BCUT2D eigenvalue weighted by molar-refractivity contribution is -0.138. The number of nitrogens with zero attached hydrogens (tertiary/aromatic N) is 2. The van der Waals surface area contributed by atoms with Crippen molar-refractivity contribution in [1.82, 2.24) is 15.3 Å². The van der Waals surface area contributed by atoms with Gasteiger partial charge in [-0.3, -0.25) is 14.6 Å². The van der Waals surface area contributed by atoms with Gasteiger partial charge < -0.3 is 10.4 Å². The van der Waals surface area contributed by atoms with Crippen LogP contribution in [0.3, 0.4) is 0 Å². The lowest BCUT2D eigenvalue weighted by Crippen LogP contribution is -2.38. The van der Waals surface area contributed by atoms with Crippen LogP contribution in [0, 0.1) is 0 Å². The van der Waals surface area contributed by atoms with Crippen LogP contribution in [-0.2, 0) is 4.79 Å². The number of hydrogen-bond donors (Lipinski definition) is 2. The van der Waals surface area contributed by atoms with Crippen LogP contribution in [-0.4, -0.2) is 33.0 Å². The van der Waals surface area contributed by atoms with Crippen LogP contribution in [0.2, 0.25) is 0 Å². The highest BCUT2D eigenvalue weighted by atomic mass is 16.4. The molecule has 0 fully saturated rings. The number of carbonyl (C=O) groups excluding carboxylic acids is 1. The van der Waals surface area contributed by atoms with Crippen LogP contribution in [0.25, 0.3) is 0 Å². The summed E-state index contributed by atoms with van der Waals surface area (Å²) in [6.45, 7) is 1.37. The van der Waals surface area contributed by atoms with E-state index in [-0.39, 0.29) is 5.69 Å². The number of rotatable bonds is 3. The predicted molar refractivity (Wildman–Crippen MR) is 46.6 cm³/mol. The van der Waals surface area contributed by atoms with Crippen molar-refractivity contribution in [1.29, 1.82) is 0 Å². The molecular weight excluding hydrogens is 186 g/mol. The van der Waals surface area contributed by atoms with Gasteiger partial charge in [-0.25, -0.2) is 4.98 Å². The van der Waals surface area contributed by atoms with Gasteiger partial charge in [0, 0.05) is 12.4 Å². The van der Waals surface area contributed by atoms with Gasteiger partial charge in [0.05, 0.1) is 6.20 Å². The monoisotopic (exact) mass is 195 g/mol. The topological polar surface area (TPSA) is 92.2 Å². The summed E-state index contributed by atoms with van der Waals surface area (Å²) in [4.78, 5) is 29.1. The molecule has 1 aromatic rings. The van der Waals surface area contributed by atoms with Crippen molar-refractivity contribution in [3.63, 3.8) is 0 Å². The Morgan fingerprint density at radius 2 is 2.21 bits per heavy atom. The molecule has 0 saturated carbocycles. The van der Waals surface area contributed by atoms with E-state index >= 15 is 0 Å². The molecule has 14 heavy (non-hydrogen) atoms. The number of carboxylic acid groups (broad SMARTS) is 1. The molecule has 0 saturated heterocycles. The zero-order valence-corrected chi connectivity index (χ0v) is 7.47. The molecule has 1 rings (SSSR count). The minimum absolute atomic E-state index is 0.0978. The standard InChI is InChI=1S/C8H9N3O3/c1-5(8(13)14)11-7(12)6-4-9-2-3-10-6/h2-5H,1H3,(H,11,12)(H,13,14)/t5-/m0/s1. The van der Waals surface area contributed by atoms with E-state index in [9.17, 15) is 9.59 Å². The summed E-state index contributed by atoms with van der Waals surface area (Å²) in [6.07, 6.45) is 4.06. The van der Waals surface area contributed by atoms with Crippen LogP contribution >= 0.6 is 0 Å². The Hall–Kier alpha value is -1.98. The largest absolute Gasteiger partial charge is 0.480 e. The average Bonchev–Trinajstić information content (AvgIpc) is 2.19. The summed E-state index contributed by atoms with van der Waals surface area (Å²) in [7, 11) is 0. The Balaban J connectivity index is 2.64. The Labute approximate surface area is 80.0 Å². The second kappa shape index (κ2) is 4.31. The molecule has 1 amide bonds. The third-order valence-corrected chi connectivity index (χ3v) is 1.51. The van der Waals surface area contributed by atoms with Gasteiger partial charge >= 0.3 is 5.97 Å². The lowest BCUT2D eigenvalue weighted by Gasteiger charge is -2.07. The van der Waals surface area contributed by atoms with E-state index in [4.69, 9.17) is 5.11 Å². The minimum atomic E-state index is -1.10. The van der Waals surface area contributed by atoms with Crippen molar-refractivity contribution >= 4 is 11.9 Å². The van der Waals surface area contributed by atoms with Crippen LogP contribution in [0.15, 0.2) is 18.6 Å². The maximum Gasteiger partial charge on any atom is 0.325 e. The Morgan fingerprint density at radius 1 is 1.50 bits per heavy atom. The molecule has 2 N–H and O–H groups in total. The Bertz CT molecular complexity index is 339. The zero-order valence-electron chi connectivity index (χ0n) is 7.47.